The Labute approximate surface area is 149 Å². The molecule has 2 aromatic carbocycles. The van der Waals surface area contributed by atoms with Crippen LogP contribution in [-0.4, -0.2) is 29.5 Å². The van der Waals surface area contributed by atoms with Crippen molar-refractivity contribution in [3.8, 4) is 0 Å². The summed E-state index contributed by atoms with van der Waals surface area (Å²) in [4.78, 5) is 7.37. The van der Waals surface area contributed by atoms with Crippen LogP contribution in [0.15, 0.2) is 66.7 Å². The molecule has 124 valence electrons. The summed E-state index contributed by atoms with van der Waals surface area (Å²) in [7, 11) is 0. The molecular weight excluding hydrogens is 318 g/mol. The van der Waals surface area contributed by atoms with Gasteiger partial charge in [-0.25, -0.2) is 0 Å². The van der Waals surface area contributed by atoms with Gasteiger partial charge in [-0.15, -0.1) is 12.4 Å². The number of pyridine rings is 1. The normalized spacial score (nSPS) is 18.2. The molecule has 3 aromatic rings. The van der Waals surface area contributed by atoms with Gasteiger partial charge in [0.25, 0.3) is 0 Å². The molecule has 1 aliphatic rings. The first kappa shape index (κ1) is 16.9. The summed E-state index contributed by atoms with van der Waals surface area (Å²) in [5.41, 5.74) is 3.60. The number of para-hydroxylation sites is 1. The van der Waals surface area contributed by atoms with Gasteiger partial charge in [0.1, 0.15) is 0 Å². The zero-order valence-corrected chi connectivity index (χ0v) is 14.4. The lowest BCUT2D eigenvalue weighted by Gasteiger charge is -2.36. The fourth-order valence-corrected chi connectivity index (χ4v) is 3.34. The standard InChI is InChI=1S/C20H21N3.ClH/c1-2-7-17(8-3-1)20-14-21-12-13-23(20)15-18-11-10-16-6-4-5-9-19(16)22-18;/h1-11,20-21H,12-15H2;1H. The molecule has 1 fully saturated rings. The fraction of sp³-hybridized carbons (Fsp3) is 0.250. The first-order valence-electron chi connectivity index (χ1n) is 8.24. The van der Waals surface area contributed by atoms with E-state index in [0.29, 0.717) is 6.04 Å². The number of piperazine rings is 1. The Balaban J connectivity index is 0.00000169. The average molecular weight is 340 g/mol. The van der Waals surface area contributed by atoms with Crippen LogP contribution in [0, 0.1) is 0 Å². The molecule has 2 heterocycles. The van der Waals surface area contributed by atoms with Crippen molar-refractivity contribution in [2.75, 3.05) is 19.6 Å². The number of rotatable bonds is 3. The van der Waals surface area contributed by atoms with Crippen molar-refractivity contribution in [3.05, 3.63) is 78.0 Å². The monoisotopic (exact) mass is 339 g/mol. The maximum atomic E-state index is 4.84. The Morgan fingerprint density at radius 2 is 1.75 bits per heavy atom. The fourth-order valence-electron chi connectivity index (χ4n) is 3.34. The summed E-state index contributed by atoms with van der Waals surface area (Å²) < 4.78 is 0. The van der Waals surface area contributed by atoms with E-state index in [1.807, 2.05) is 0 Å². The Hall–Kier alpha value is -1.94. The van der Waals surface area contributed by atoms with Gasteiger partial charge in [-0.3, -0.25) is 9.88 Å². The molecule has 1 saturated heterocycles. The predicted octanol–water partition coefficient (Wildman–Crippen LogP) is 3.80. The van der Waals surface area contributed by atoms with E-state index in [-0.39, 0.29) is 12.4 Å². The van der Waals surface area contributed by atoms with Gasteiger partial charge in [0.15, 0.2) is 0 Å². The molecule has 1 aliphatic heterocycles. The van der Waals surface area contributed by atoms with Crippen LogP contribution in [0.1, 0.15) is 17.3 Å². The molecule has 4 rings (SSSR count). The van der Waals surface area contributed by atoms with Gasteiger partial charge in [0.2, 0.25) is 0 Å². The van der Waals surface area contributed by atoms with E-state index < -0.39 is 0 Å². The van der Waals surface area contributed by atoms with Gasteiger partial charge in [-0.05, 0) is 17.7 Å². The van der Waals surface area contributed by atoms with Gasteiger partial charge < -0.3 is 5.32 Å². The zero-order valence-electron chi connectivity index (χ0n) is 13.6. The topological polar surface area (TPSA) is 28.2 Å². The molecule has 1 atom stereocenters. The highest BCUT2D eigenvalue weighted by molar-refractivity contribution is 5.85. The number of nitrogens with zero attached hydrogens (tertiary/aromatic N) is 2. The van der Waals surface area contributed by atoms with Crippen LogP contribution in [0.5, 0.6) is 0 Å². The van der Waals surface area contributed by atoms with E-state index in [1.165, 1.54) is 10.9 Å². The summed E-state index contributed by atoms with van der Waals surface area (Å²) in [5.74, 6) is 0. The number of aromatic nitrogens is 1. The molecule has 0 spiro atoms. The quantitative estimate of drug-likeness (QED) is 0.786. The first-order valence-corrected chi connectivity index (χ1v) is 8.24. The van der Waals surface area contributed by atoms with Crippen molar-refractivity contribution in [2.45, 2.75) is 12.6 Å². The second-order valence-corrected chi connectivity index (χ2v) is 6.10. The molecule has 0 bridgehead atoms. The first-order chi connectivity index (χ1) is 11.4. The van der Waals surface area contributed by atoms with Crippen LogP contribution in [-0.2, 0) is 6.54 Å². The summed E-state index contributed by atoms with van der Waals surface area (Å²) in [6.45, 7) is 3.98. The van der Waals surface area contributed by atoms with E-state index >= 15 is 0 Å². The highest BCUT2D eigenvalue weighted by Gasteiger charge is 2.23. The minimum absolute atomic E-state index is 0. The molecule has 1 aromatic heterocycles. The lowest BCUT2D eigenvalue weighted by Crippen LogP contribution is -2.45. The lowest BCUT2D eigenvalue weighted by molar-refractivity contribution is 0.152. The second-order valence-electron chi connectivity index (χ2n) is 6.10. The van der Waals surface area contributed by atoms with E-state index in [4.69, 9.17) is 4.98 Å². The van der Waals surface area contributed by atoms with Crippen molar-refractivity contribution in [1.29, 1.82) is 0 Å². The summed E-state index contributed by atoms with van der Waals surface area (Å²) in [6.07, 6.45) is 0. The Morgan fingerprint density at radius 3 is 2.62 bits per heavy atom. The number of fused-ring (bicyclic) bond motifs is 1. The maximum Gasteiger partial charge on any atom is 0.0705 e. The van der Waals surface area contributed by atoms with Crippen LogP contribution in [0.2, 0.25) is 0 Å². The van der Waals surface area contributed by atoms with Crippen LogP contribution in [0.3, 0.4) is 0 Å². The average Bonchev–Trinajstić information content (AvgIpc) is 2.63. The van der Waals surface area contributed by atoms with E-state index in [9.17, 15) is 0 Å². The van der Waals surface area contributed by atoms with Crippen molar-refractivity contribution in [2.24, 2.45) is 0 Å². The molecule has 0 aliphatic carbocycles. The number of halogens is 1. The highest BCUT2D eigenvalue weighted by Crippen LogP contribution is 2.24. The summed E-state index contributed by atoms with van der Waals surface area (Å²) in [5, 5.41) is 4.72. The molecule has 0 radical (unpaired) electrons. The number of hydrogen-bond acceptors (Lipinski definition) is 3. The van der Waals surface area contributed by atoms with Gasteiger partial charge >= 0.3 is 0 Å². The maximum absolute atomic E-state index is 4.84. The van der Waals surface area contributed by atoms with Crippen LogP contribution < -0.4 is 5.32 Å². The molecule has 0 saturated carbocycles. The molecule has 4 heteroatoms. The van der Waals surface area contributed by atoms with Crippen LogP contribution >= 0.6 is 12.4 Å². The third-order valence-corrected chi connectivity index (χ3v) is 4.56. The largest absolute Gasteiger partial charge is 0.314 e. The molecule has 0 amide bonds. The van der Waals surface area contributed by atoms with Gasteiger partial charge in [-0.1, -0.05) is 54.6 Å². The third kappa shape index (κ3) is 3.59. The molecule has 3 nitrogen and oxygen atoms in total. The summed E-state index contributed by atoms with van der Waals surface area (Å²) in [6, 6.07) is 23.8. The van der Waals surface area contributed by atoms with E-state index in [2.05, 4.69) is 76.9 Å². The molecule has 24 heavy (non-hydrogen) atoms. The van der Waals surface area contributed by atoms with Crippen molar-refractivity contribution in [3.63, 3.8) is 0 Å². The molecule has 1 unspecified atom stereocenters. The van der Waals surface area contributed by atoms with Crippen molar-refractivity contribution >= 4 is 23.3 Å². The van der Waals surface area contributed by atoms with E-state index in [0.717, 1.165) is 37.4 Å². The number of hydrogen-bond donors (Lipinski definition) is 1. The van der Waals surface area contributed by atoms with Gasteiger partial charge in [0.05, 0.1) is 11.2 Å². The van der Waals surface area contributed by atoms with Crippen LogP contribution in [0.4, 0.5) is 0 Å². The lowest BCUT2D eigenvalue weighted by atomic mass is 10.0. The van der Waals surface area contributed by atoms with Crippen LogP contribution in [0.25, 0.3) is 10.9 Å². The highest BCUT2D eigenvalue weighted by atomic mass is 35.5. The van der Waals surface area contributed by atoms with E-state index in [1.54, 1.807) is 0 Å². The Bertz CT molecular complexity index is 791. The minimum Gasteiger partial charge on any atom is -0.314 e. The number of nitrogens with one attached hydrogen (secondary N) is 1. The minimum atomic E-state index is 0. The predicted molar refractivity (Wildman–Crippen MR) is 101 cm³/mol. The molecule has 1 N–H and O–H groups in total. The van der Waals surface area contributed by atoms with Gasteiger partial charge in [0, 0.05) is 37.6 Å². The zero-order chi connectivity index (χ0) is 15.5. The van der Waals surface area contributed by atoms with Crippen molar-refractivity contribution < 1.29 is 0 Å². The Kier molecular flexibility index (Phi) is 5.46. The molecular formula is C20H22ClN3. The summed E-state index contributed by atoms with van der Waals surface area (Å²) >= 11 is 0. The third-order valence-electron chi connectivity index (χ3n) is 4.56. The van der Waals surface area contributed by atoms with Gasteiger partial charge in [-0.2, -0.15) is 0 Å². The number of benzene rings is 2. The van der Waals surface area contributed by atoms with Crippen molar-refractivity contribution in [1.82, 2.24) is 15.2 Å². The Morgan fingerprint density at radius 1 is 0.958 bits per heavy atom. The smallest absolute Gasteiger partial charge is 0.0705 e. The second kappa shape index (κ2) is 7.75. The SMILES string of the molecule is Cl.c1ccc(C2CNCCN2Cc2ccc3ccccc3n2)cc1.